The molecule has 0 bridgehead atoms. The van der Waals surface area contributed by atoms with Crippen LogP contribution in [0.5, 0.6) is 11.5 Å². The Morgan fingerprint density at radius 3 is 2.80 bits per heavy atom. The van der Waals surface area contributed by atoms with E-state index in [1.54, 1.807) is 31.2 Å². The van der Waals surface area contributed by atoms with E-state index in [2.05, 4.69) is 10.3 Å². The molecule has 5 heteroatoms. The lowest BCUT2D eigenvalue weighted by atomic mass is 10.2. The zero-order chi connectivity index (χ0) is 14.5. The predicted molar refractivity (Wildman–Crippen MR) is 75.5 cm³/mol. The van der Waals surface area contributed by atoms with Crippen molar-refractivity contribution >= 4 is 5.69 Å². The maximum Gasteiger partial charge on any atom is 0.167 e. The largest absolute Gasteiger partial charge is 0.506 e. The standard InChI is InChI=1S/C15H17FN2O2/c1-3-20-15-7-5-11(8-12(15)16)17-9-13-14(19)6-4-10(2)18-13/h4-8,17,19H,3,9H2,1-2H3. The van der Waals surface area contributed by atoms with E-state index in [0.717, 1.165) is 5.69 Å². The quantitative estimate of drug-likeness (QED) is 0.880. The van der Waals surface area contributed by atoms with Gasteiger partial charge in [0.2, 0.25) is 0 Å². The number of rotatable bonds is 5. The highest BCUT2D eigenvalue weighted by molar-refractivity contribution is 5.48. The minimum absolute atomic E-state index is 0.120. The van der Waals surface area contributed by atoms with Crippen molar-refractivity contribution < 1.29 is 14.2 Å². The van der Waals surface area contributed by atoms with Gasteiger partial charge in [0.15, 0.2) is 11.6 Å². The summed E-state index contributed by atoms with van der Waals surface area (Å²) in [5.41, 5.74) is 1.95. The van der Waals surface area contributed by atoms with Gasteiger partial charge in [0, 0.05) is 17.4 Å². The van der Waals surface area contributed by atoms with Crippen molar-refractivity contribution in [3.8, 4) is 11.5 Å². The number of aromatic hydroxyl groups is 1. The minimum Gasteiger partial charge on any atom is -0.506 e. The molecule has 106 valence electrons. The molecule has 0 radical (unpaired) electrons. The summed E-state index contributed by atoms with van der Waals surface area (Å²) >= 11 is 0. The van der Waals surface area contributed by atoms with E-state index in [1.165, 1.54) is 6.07 Å². The third-order valence-electron chi connectivity index (χ3n) is 2.78. The van der Waals surface area contributed by atoms with Crippen LogP contribution in [0, 0.1) is 12.7 Å². The van der Waals surface area contributed by atoms with Gasteiger partial charge in [-0.15, -0.1) is 0 Å². The Morgan fingerprint density at radius 2 is 2.10 bits per heavy atom. The number of ether oxygens (including phenoxy) is 1. The van der Waals surface area contributed by atoms with Crippen LogP contribution in [0.3, 0.4) is 0 Å². The van der Waals surface area contributed by atoms with E-state index in [1.807, 2.05) is 6.92 Å². The van der Waals surface area contributed by atoms with Crippen LogP contribution >= 0.6 is 0 Å². The van der Waals surface area contributed by atoms with Gasteiger partial charge in [0.25, 0.3) is 0 Å². The number of nitrogens with one attached hydrogen (secondary N) is 1. The molecule has 0 amide bonds. The third-order valence-corrected chi connectivity index (χ3v) is 2.78. The topological polar surface area (TPSA) is 54.4 Å². The SMILES string of the molecule is CCOc1ccc(NCc2nc(C)ccc2O)cc1F. The molecule has 0 saturated heterocycles. The van der Waals surface area contributed by atoms with Crippen LogP contribution in [-0.2, 0) is 6.54 Å². The Labute approximate surface area is 117 Å². The molecule has 0 aliphatic carbocycles. The summed E-state index contributed by atoms with van der Waals surface area (Å²) in [6, 6.07) is 7.98. The highest BCUT2D eigenvalue weighted by Gasteiger charge is 2.06. The third kappa shape index (κ3) is 3.38. The molecular formula is C15H17FN2O2. The van der Waals surface area contributed by atoms with E-state index in [9.17, 15) is 9.50 Å². The van der Waals surface area contributed by atoms with E-state index in [0.29, 0.717) is 24.5 Å². The van der Waals surface area contributed by atoms with Crippen LogP contribution < -0.4 is 10.1 Å². The number of aryl methyl sites for hydroxylation is 1. The van der Waals surface area contributed by atoms with E-state index in [4.69, 9.17) is 4.74 Å². The Balaban J connectivity index is 2.07. The zero-order valence-corrected chi connectivity index (χ0v) is 11.5. The average Bonchev–Trinajstić information content (AvgIpc) is 2.43. The van der Waals surface area contributed by atoms with Crippen LogP contribution in [0.1, 0.15) is 18.3 Å². The molecular weight excluding hydrogens is 259 g/mol. The summed E-state index contributed by atoms with van der Waals surface area (Å²) in [5, 5.41) is 12.7. The lowest BCUT2D eigenvalue weighted by Crippen LogP contribution is -2.03. The predicted octanol–water partition coefficient (Wildman–Crippen LogP) is 3.25. The fourth-order valence-corrected chi connectivity index (χ4v) is 1.80. The Hall–Kier alpha value is -2.30. The molecule has 0 unspecified atom stereocenters. The molecule has 1 heterocycles. The first kappa shape index (κ1) is 14.1. The second kappa shape index (κ2) is 6.23. The molecule has 20 heavy (non-hydrogen) atoms. The molecule has 2 aromatic rings. The molecule has 2 N–H and O–H groups in total. The van der Waals surface area contributed by atoms with Gasteiger partial charge in [-0.05, 0) is 38.1 Å². The molecule has 0 aliphatic rings. The summed E-state index contributed by atoms with van der Waals surface area (Å²) in [7, 11) is 0. The van der Waals surface area contributed by atoms with Crippen LogP contribution in [0.2, 0.25) is 0 Å². The maximum absolute atomic E-state index is 13.7. The van der Waals surface area contributed by atoms with Crippen LogP contribution in [0.15, 0.2) is 30.3 Å². The first-order valence-corrected chi connectivity index (χ1v) is 6.42. The molecule has 0 spiro atoms. The second-order valence-corrected chi connectivity index (χ2v) is 4.35. The van der Waals surface area contributed by atoms with Gasteiger partial charge in [-0.3, -0.25) is 4.98 Å². The van der Waals surface area contributed by atoms with Gasteiger partial charge < -0.3 is 15.2 Å². The van der Waals surface area contributed by atoms with E-state index in [-0.39, 0.29) is 11.5 Å². The van der Waals surface area contributed by atoms with Crippen molar-refractivity contribution in [2.24, 2.45) is 0 Å². The van der Waals surface area contributed by atoms with Gasteiger partial charge in [0.1, 0.15) is 11.4 Å². The van der Waals surface area contributed by atoms with Gasteiger partial charge in [-0.1, -0.05) is 0 Å². The molecule has 1 aromatic carbocycles. The molecule has 0 saturated carbocycles. The van der Waals surface area contributed by atoms with Crippen molar-refractivity contribution in [3.05, 3.63) is 47.5 Å². The maximum atomic E-state index is 13.7. The van der Waals surface area contributed by atoms with Crippen LogP contribution in [0.4, 0.5) is 10.1 Å². The molecule has 4 nitrogen and oxygen atoms in total. The van der Waals surface area contributed by atoms with Crippen molar-refractivity contribution in [1.82, 2.24) is 4.98 Å². The molecule has 0 atom stereocenters. The Morgan fingerprint density at radius 1 is 1.30 bits per heavy atom. The molecule has 0 fully saturated rings. The number of halogens is 1. The number of hydrogen-bond donors (Lipinski definition) is 2. The lowest BCUT2D eigenvalue weighted by Gasteiger charge is -2.10. The number of pyridine rings is 1. The molecule has 1 aromatic heterocycles. The highest BCUT2D eigenvalue weighted by Crippen LogP contribution is 2.22. The number of anilines is 1. The normalized spacial score (nSPS) is 10.3. The number of hydrogen-bond acceptors (Lipinski definition) is 4. The van der Waals surface area contributed by atoms with Gasteiger partial charge in [-0.2, -0.15) is 0 Å². The average molecular weight is 276 g/mol. The Kier molecular flexibility index (Phi) is 4.40. The van der Waals surface area contributed by atoms with Gasteiger partial charge >= 0.3 is 0 Å². The summed E-state index contributed by atoms with van der Waals surface area (Å²) in [5.74, 6) is -0.0673. The summed E-state index contributed by atoms with van der Waals surface area (Å²) < 4.78 is 18.8. The van der Waals surface area contributed by atoms with Crippen molar-refractivity contribution in [2.45, 2.75) is 20.4 Å². The fourth-order valence-electron chi connectivity index (χ4n) is 1.80. The number of nitrogens with zero attached hydrogens (tertiary/aromatic N) is 1. The highest BCUT2D eigenvalue weighted by atomic mass is 19.1. The molecule has 2 rings (SSSR count). The second-order valence-electron chi connectivity index (χ2n) is 4.35. The number of aromatic nitrogens is 1. The lowest BCUT2D eigenvalue weighted by molar-refractivity contribution is 0.321. The van der Waals surface area contributed by atoms with Gasteiger partial charge in [0.05, 0.1) is 13.2 Å². The van der Waals surface area contributed by atoms with E-state index < -0.39 is 5.82 Å². The van der Waals surface area contributed by atoms with Crippen molar-refractivity contribution in [2.75, 3.05) is 11.9 Å². The first-order valence-electron chi connectivity index (χ1n) is 6.42. The van der Waals surface area contributed by atoms with Crippen LogP contribution in [-0.4, -0.2) is 16.7 Å². The van der Waals surface area contributed by atoms with Crippen molar-refractivity contribution in [1.29, 1.82) is 0 Å². The minimum atomic E-state index is -0.418. The summed E-state index contributed by atoms with van der Waals surface area (Å²) in [4.78, 5) is 4.23. The van der Waals surface area contributed by atoms with Crippen molar-refractivity contribution in [3.63, 3.8) is 0 Å². The smallest absolute Gasteiger partial charge is 0.167 e. The Bertz CT molecular complexity index is 602. The zero-order valence-electron chi connectivity index (χ0n) is 11.5. The first-order chi connectivity index (χ1) is 9.60. The fraction of sp³-hybridized carbons (Fsp3) is 0.267. The van der Waals surface area contributed by atoms with E-state index >= 15 is 0 Å². The molecule has 0 aliphatic heterocycles. The van der Waals surface area contributed by atoms with Gasteiger partial charge in [-0.25, -0.2) is 4.39 Å². The van der Waals surface area contributed by atoms with Crippen LogP contribution in [0.25, 0.3) is 0 Å². The number of benzene rings is 1. The monoisotopic (exact) mass is 276 g/mol. The summed E-state index contributed by atoms with van der Waals surface area (Å²) in [6.07, 6.45) is 0. The summed E-state index contributed by atoms with van der Waals surface area (Å²) in [6.45, 7) is 4.39.